The summed E-state index contributed by atoms with van der Waals surface area (Å²) in [6, 6.07) is 2.15. The van der Waals surface area contributed by atoms with Gasteiger partial charge in [-0.2, -0.15) is 4.98 Å². The number of anilines is 1. The topological polar surface area (TPSA) is 38.2 Å². The first-order valence-corrected chi connectivity index (χ1v) is 8.17. The second-order valence-electron chi connectivity index (χ2n) is 5.06. The molecule has 1 aliphatic rings. The van der Waals surface area contributed by atoms with Gasteiger partial charge in [-0.3, -0.25) is 0 Å². The zero-order valence-electron chi connectivity index (χ0n) is 11.7. The van der Waals surface area contributed by atoms with E-state index < -0.39 is 0 Å². The summed E-state index contributed by atoms with van der Waals surface area (Å²) in [6.45, 7) is 6.77. The monoisotopic (exact) mass is 311 g/mol. The summed E-state index contributed by atoms with van der Waals surface area (Å²) in [5.41, 5.74) is 0. The van der Waals surface area contributed by atoms with Crippen molar-refractivity contribution in [2.45, 2.75) is 32.8 Å². The fraction of sp³-hybridized carbons (Fsp3) is 0.571. The molecule has 1 aliphatic heterocycles. The highest BCUT2D eigenvalue weighted by atomic mass is 35.5. The molecule has 0 amide bonds. The van der Waals surface area contributed by atoms with Crippen LogP contribution in [0.1, 0.15) is 24.6 Å². The maximum Gasteiger partial charge on any atom is 0.225 e. The van der Waals surface area contributed by atoms with Gasteiger partial charge in [-0.05, 0) is 44.4 Å². The van der Waals surface area contributed by atoms with E-state index in [2.05, 4.69) is 27.9 Å². The van der Waals surface area contributed by atoms with Crippen LogP contribution in [0.3, 0.4) is 0 Å². The quantitative estimate of drug-likeness (QED) is 0.811. The molecule has 2 aromatic heterocycles. The van der Waals surface area contributed by atoms with Crippen molar-refractivity contribution in [3.63, 3.8) is 0 Å². The number of fused-ring (bicyclic) bond motifs is 1. The third-order valence-corrected chi connectivity index (χ3v) is 4.66. The van der Waals surface area contributed by atoms with Gasteiger partial charge in [-0.15, -0.1) is 11.3 Å². The molecule has 0 radical (unpaired) electrons. The smallest absolute Gasteiger partial charge is 0.225 e. The zero-order chi connectivity index (χ0) is 14.1. The summed E-state index contributed by atoms with van der Waals surface area (Å²) in [5, 5.41) is 1.43. The number of aromatic nitrogens is 2. The highest BCUT2D eigenvalue weighted by molar-refractivity contribution is 7.18. The van der Waals surface area contributed by atoms with Gasteiger partial charge in [0.15, 0.2) is 0 Å². The molecule has 1 saturated heterocycles. The van der Waals surface area contributed by atoms with Gasteiger partial charge < -0.3 is 9.64 Å². The van der Waals surface area contributed by atoms with Crippen molar-refractivity contribution in [1.82, 2.24) is 9.97 Å². The molecule has 0 aromatic carbocycles. The predicted octanol–water partition coefficient (Wildman–Crippen LogP) is 3.66. The Morgan fingerprint density at radius 1 is 1.50 bits per heavy atom. The molecule has 0 saturated carbocycles. The van der Waals surface area contributed by atoms with Crippen LogP contribution in [-0.2, 0) is 4.74 Å². The molecule has 0 N–H and O–H groups in total. The average molecular weight is 312 g/mol. The maximum absolute atomic E-state index is 6.08. The van der Waals surface area contributed by atoms with Crippen LogP contribution in [0.15, 0.2) is 6.07 Å². The average Bonchev–Trinajstić information content (AvgIpc) is 2.78. The molecule has 6 heteroatoms. The Morgan fingerprint density at radius 2 is 2.35 bits per heavy atom. The van der Waals surface area contributed by atoms with Crippen molar-refractivity contribution in [2.75, 3.05) is 24.6 Å². The second-order valence-corrected chi connectivity index (χ2v) is 6.63. The number of nitrogens with zero attached hydrogens (tertiary/aromatic N) is 3. The number of ether oxygens (including phenoxy) is 1. The number of thiophene rings is 1. The van der Waals surface area contributed by atoms with Gasteiger partial charge in [0, 0.05) is 24.6 Å². The lowest BCUT2D eigenvalue weighted by molar-refractivity contribution is 0.0526. The van der Waals surface area contributed by atoms with Crippen LogP contribution in [0.2, 0.25) is 5.28 Å². The van der Waals surface area contributed by atoms with Crippen molar-refractivity contribution in [2.24, 2.45) is 0 Å². The Bertz CT molecular complexity index is 614. The lowest BCUT2D eigenvalue weighted by Gasteiger charge is -2.33. The van der Waals surface area contributed by atoms with Crippen molar-refractivity contribution in [3.05, 3.63) is 16.2 Å². The van der Waals surface area contributed by atoms with Crippen LogP contribution >= 0.6 is 22.9 Å². The van der Waals surface area contributed by atoms with Gasteiger partial charge >= 0.3 is 0 Å². The number of halogens is 1. The van der Waals surface area contributed by atoms with Crippen molar-refractivity contribution >= 4 is 39.0 Å². The van der Waals surface area contributed by atoms with E-state index in [1.807, 2.05) is 6.92 Å². The number of piperidine rings is 1. The van der Waals surface area contributed by atoms with Crippen molar-refractivity contribution in [3.8, 4) is 0 Å². The molecule has 3 rings (SSSR count). The molecule has 1 atom stereocenters. The molecule has 108 valence electrons. The number of hydrogen-bond donors (Lipinski definition) is 0. The van der Waals surface area contributed by atoms with Gasteiger partial charge in [0.2, 0.25) is 5.28 Å². The Balaban J connectivity index is 1.96. The van der Waals surface area contributed by atoms with E-state index in [1.54, 1.807) is 11.3 Å². The minimum atomic E-state index is 0.289. The first-order valence-electron chi connectivity index (χ1n) is 6.97. The number of aryl methyl sites for hydroxylation is 1. The van der Waals surface area contributed by atoms with Crippen LogP contribution in [0.5, 0.6) is 0 Å². The van der Waals surface area contributed by atoms with Gasteiger partial charge in [0.05, 0.1) is 11.5 Å². The Morgan fingerprint density at radius 3 is 3.15 bits per heavy atom. The second kappa shape index (κ2) is 5.84. The molecular formula is C14H18ClN3OS. The summed E-state index contributed by atoms with van der Waals surface area (Å²) >= 11 is 7.74. The van der Waals surface area contributed by atoms with Gasteiger partial charge in [-0.1, -0.05) is 0 Å². The van der Waals surface area contributed by atoms with Crippen LogP contribution < -0.4 is 4.90 Å². The largest absolute Gasteiger partial charge is 0.377 e. The zero-order valence-corrected chi connectivity index (χ0v) is 13.3. The SMILES string of the molecule is CCOC1CCCN(c2nc(Cl)nc3sc(C)cc23)C1. The molecule has 0 bridgehead atoms. The molecule has 2 aromatic rings. The van der Waals surface area contributed by atoms with Gasteiger partial charge in [0.1, 0.15) is 10.6 Å². The lowest BCUT2D eigenvalue weighted by Crippen LogP contribution is -2.40. The first-order chi connectivity index (χ1) is 9.67. The van der Waals surface area contributed by atoms with Gasteiger partial charge in [0.25, 0.3) is 0 Å². The van der Waals surface area contributed by atoms with E-state index in [-0.39, 0.29) is 6.10 Å². The summed E-state index contributed by atoms with van der Waals surface area (Å²) in [5.74, 6) is 0.953. The fourth-order valence-electron chi connectivity index (χ4n) is 2.74. The minimum Gasteiger partial charge on any atom is -0.377 e. The third-order valence-electron chi connectivity index (χ3n) is 3.55. The molecule has 1 fully saturated rings. The summed E-state index contributed by atoms with van der Waals surface area (Å²) in [4.78, 5) is 13.3. The van der Waals surface area contributed by atoms with E-state index in [9.17, 15) is 0 Å². The Labute approximate surface area is 127 Å². The van der Waals surface area contributed by atoms with E-state index in [0.717, 1.165) is 48.6 Å². The van der Waals surface area contributed by atoms with Crippen LogP contribution in [0.25, 0.3) is 10.2 Å². The lowest BCUT2D eigenvalue weighted by atomic mass is 10.1. The highest BCUT2D eigenvalue weighted by Gasteiger charge is 2.23. The van der Waals surface area contributed by atoms with Crippen LogP contribution in [0.4, 0.5) is 5.82 Å². The predicted molar refractivity (Wildman–Crippen MR) is 84.0 cm³/mol. The van der Waals surface area contributed by atoms with E-state index in [4.69, 9.17) is 16.3 Å². The molecule has 1 unspecified atom stereocenters. The molecule has 3 heterocycles. The highest BCUT2D eigenvalue weighted by Crippen LogP contribution is 2.33. The number of rotatable bonds is 3. The van der Waals surface area contributed by atoms with E-state index >= 15 is 0 Å². The van der Waals surface area contributed by atoms with Crippen LogP contribution in [-0.4, -0.2) is 35.8 Å². The van der Waals surface area contributed by atoms with Crippen molar-refractivity contribution < 1.29 is 4.74 Å². The summed E-state index contributed by atoms with van der Waals surface area (Å²) < 4.78 is 5.77. The standard InChI is InChI=1S/C14H18ClN3OS/c1-3-19-10-5-4-6-18(8-10)12-11-7-9(2)20-13(11)17-14(15)16-12/h7,10H,3-6,8H2,1-2H3. The Kier molecular flexibility index (Phi) is 4.10. The first kappa shape index (κ1) is 14.0. The molecule has 0 aliphatic carbocycles. The minimum absolute atomic E-state index is 0.289. The normalized spacial score (nSPS) is 19.8. The Hall–Kier alpha value is -0.910. The van der Waals surface area contributed by atoms with E-state index in [0.29, 0.717) is 5.28 Å². The molecule has 0 spiro atoms. The summed E-state index contributed by atoms with van der Waals surface area (Å²) in [7, 11) is 0. The molecule has 4 nitrogen and oxygen atoms in total. The van der Waals surface area contributed by atoms with Gasteiger partial charge in [-0.25, -0.2) is 4.98 Å². The fourth-order valence-corrected chi connectivity index (χ4v) is 3.83. The maximum atomic E-state index is 6.08. The number of hydrogen-bond acceptors (Lipinski definition) is 5. The summed E-state index contributed by atoms with van der Waals surface area (Å²) in [6.07, 6.45) is 2.53. The van der Waals surface area contributed by atoms with E-state index in [1.165, 1.54) is 4.88 Å². The van der Waals surface area contributed by atoms with Crippen molar-refractivity contribution in [1.29, 1.82) is 0 Å². The molecular weight excluding hydrogens is 294 g/mol. The third kappa shape index (κ3) is 2.75. The molecule has 20 heavy (non-hydrogen) atoms. The van der Waals surface area contributed by atoms with Crippen LogP contribution in [0, 0.1) is 6.92 Å².